The summed E-state index contributed by atoms with van der Waals surface area (Å²) >= 11 is 1.60. The summed E-state index contributed by atoms with van der Waals surface area (Å²) in [7, 11) is 0. The summed E-state index contributed by atoms with van der Waals surface area (Å²) in [5, 5.41) is 5.34. The number of esters is 1. The molecule has 0 bridgehead atoms. The van der Waals surface area contributed by atoms with Crippen molar-refractivity contribution in [3.63, 3.8) is 0 Å². The van der Waals surface area contributed by atoms with E-state index in [-0.39, 0.29) is 23.0 Å². The lowest BCUT2D eigenvalue weighted by Crippen LogP contribution is -2.35. The average Bonchev–Trinajstić information content (AvgIpc) is 2.99. The van der Waals surface area contributed by atoms with Crippen molar-refractivity contribution in [1.29, 1.82) is 0 Å². The van der Waals surface area contributed by atoms with Gasteiger partial charge in [-0.1, -0.05) is 6.42 Å². The SMILES string of the molecule is CCOC(=O)C1=C2CCCCC2SC1NC(=O)c1ccnc(NC(C)=O)c1. The number of rotatable bonds is 5. The van der Waals surface area contributed by atoms with Crippen LogP contribution in [0.2, 0.25) is 0 Å². The molecule has 27 heavy (non-hydrogen) atoms. The van der Waals surface area contributed by atoms with Crippen LogP contribution in [0.5, 0.6) is 0 Å². The van der Waals surface area contributed by atoms with Crippen molar-refractivity contribution < 1.29 is 19.1 Å². The smallest absolute Gasteiger partial charge is 0.336 e. The third-order valence-electron chi connectivity index (χ3n) is 4.54. The number of ether oxygens (including phenoxy) is 1. The van der Waals surface area contributed by atoms with Crippen molar-refractivity contribution in [1.82, 2.24) is 10.3 Å². The number of thioether (sulfide) groups is 1. The van der Waals surface area contributed by atoms with E-state index in [0.717, 1.165) is 31.3 Å². The quantitative estimate of drug-likeness (QED) is 0.752. The molecular formula is C19H23N3O4S. The summed E-state index contributed by atoms with van der Waals surface area (Å²) in [6.07, 6.45) is 5.53. The summed E-state index contributed by atoms with van der Waals surface area (Å²) in [5.74, 6) is -0.609. The highest BCUT2D eigenvalue weighted by atomic mass is 32.2. The van der Waals surface area contributed by atoms with E-state index in [4.69, 9.17) is 4.74 Å². The van der Waals surface area contributed by atoms with Gasteiger partial charge in [-0.2, -0.15) is 0 Å². The van der Waals surface area contributed by atoms with Gasteiger partial charge in [0.2, 0.25) is 5.91 Å². The van der Waals surface area contributed by atoms with Crippen molar-refractivity contribution in [2.45, 2.75) is 50.2 Å². The van der Waals surface area contributed by atoms with Crippen molar-refractivity contribution >= 4 is 35.4 Å². The van der Waals surface area contributed by atoms with Gasteiger partial charge < -0.3 is 15.4 Å². The maximum Gasteiger partial charge on any atom is 0.336 e. The van der Waals surface area contributed by atoms with Crippen LogP contribution in [0.3, 0.4) is 0 Å². The molecule has 1 aromatic heterocycles. The molecule has 1 fully saturated rings. The lowest BCUT2D eigenvalue weighted by Gasteiger charge is -2.19. The molecule has 1 saturated carbocycles. The third kappa shape index (κ3) is 4.50. The molecule has 2 unspecified atom stereocenters. The zero-order valence-electron chi connectivity index (χ0n) is 15.4. The Balaban J connectivity index is 1.79. The maximum atomic E-state index is 12.7. The Bertz CT molecular complexity index is 793. The second-order valence-electron chi connectivity index (χ2n) is 6.49. The van der Waals surface area contributed by atoms with Crippen LogP contribution >= 0.6 is 11.8 Å². The number of hydrogen-bond acceptors (Lipinski definition) is 6. The van der Waals surface area contributed by atoms with Crippen molar-refractivity contribution in [2.24, 2.45) is 0 Å². The van der Waals surface area contributed by atoms with Crippen LogP contribution in [0.4, 0.5) is 5.82 Å². The Kier molecular flexibility index (Phi) is 6.15. The Labute approximate surface area is 162 Å². The number of pyridine rings is 1. The van der Waals surface area contributed by atoms with E-state index in [9.17, 15) is 14.4 Å². The number of amides is 2. The lowest BCUT2D eigenvalue weighted by atomic mass is 9.90. The van der Waals surface area contributed by atoms with Crippen molar-refractivity contribution in [3.8, 4) is 0 Å². The molecule has 2 N–H and O–H groups in total. The molecule has 0 saturated heterocycles. The molecule has 3 rings (SSSR count). The van der Waals surface area contributed by atoms with Gasteiger partial charge in [0.25, 0.3) is 5.91 Å². The standard InChI is InChI=1S/C19H23N3O4S/c1-3-26-19(25)16-13-6-4-5-7-14(13)27-18(16)22-17(24)12-8-9-20-15(10-12)21-11(2)23/h8-10,14,18H,3-7H2,1-2H3,(H,22,24)(H,20,21,23). The predicted molar refractivity (Wildman–Crippen MR) is 103 cm³/mol. The summed E-state index contributed by atoms with van der Waals surface area (Å²) in [4.78, 5) is 40.4. The molecule has 0 radical (unpaired) electrons. The van der Waals surface area contributed by atoms with Crippen molar-refractivity contribution in [2.75, 3.05) is 11.9 Å². The average molecular weight is 389 g/mol. The van der Waals surface area contributed by atoms with Gasteiger partial charge in [0.1, 0.15) is 11.2 Å². The van der Waals surface area contributed by atoms with Gasteiger partial charge in [0.15, 0.2) is 0 Å². The van der Waals surface area contributed by atoms with Gasteiger partial charge in [0, 0.05) is 23.9 Å². The Hall–Kier alpha value is -2.35. The molecule has 144 valence electrons. The van der Waals surface area contributed by atoms with Gasteiger partial charge >= 0.3 is 5.97 Å². The van der Waals surface area contributed by atoms with Gasteiger partial charge in [-0.25, -0.2) is 9.78 Å². The normalized spacial score (nSPS) is 21.4. The van der Waals surface area contributed by atoms with Gasteiger partial charge in [-0.3, -0.25) is 9.59 Å². The van der Waals surface area contributed by atoms with Gasteiger partial charge in [-0.05, 0) is 43.9 Å². The van der Waals surface area contributed by atoms with Crippen LogP contribution in [0, 0.1) is 0 Å². The first-order chi connectivity index (χ1) is 13.0. The van der Waals surface area contributed by atoms with Gasteiger partial charge in [-0.15, -0.1) is 11.8 Å². The fraction of sp³-hybridized carbons (Fsp3) is 0.474. The lowest BCUT2D eigenvalue weighted by molar-refractivity contribution is -0.138. The highest BCUT2D eigenvalue weighted by Crippen LogP contribution is 2.45. The molecule has 1 aliphatic heterocycles. The number of nitrogens with zero attached hydrogens (tertiary/aromatic N) is 1. The highest BCUT2D eigenvalue weighted by molar-refractivity contribution is 8.01. The number of carbonyl (C=O) groups excluding carboxylic acids is 3. The minimum Gasteiger partial charge on any atom is -0.463 e. The monoisotopic (exact) mass is 389 g/mol. The molecular weight excluding hydrogens is 366 g/mol. The fourth-order valence-corrected chi connectivity index (χ4v) is 5.01. The first kappa shape index (κ1) is 19.4. The first-order valence-electron chi connectivity index (χ1n) is 9.09. The molecule has 2 heterocycles. The molecule has 0 aromatic carbocycles. The zero-order chi connectivity index (χ0) is 19.4. The Morgan fingerprint density at radius 2 is 2.15 bits per heavy atom. The summed E-state index contributed by atoms with van der Waals surface area (Å²) < 4.78 is 5.24. The number of aromatic nitrogens is 1. The second-order valence-corrected chi connectivity index (χ2v) is 7.81. The fourth-order valence-electron chi connectivity index (χ4n) is 3.42. The summed E-state index contributed by atoms with van der Waals surface area (Å²) in [6.45, 7) is 3.46. The van der Waals surface area contributed by atoms with Gasteiger partial charge in [0.05, 0.1) is 12.2 Å². The number of carbonyl (C=O) groups is 3. The molecule has 2 amide bonds. The molecule has 2 aliphatic rings. The number of fused-ring (bicyclic) bond motifs is 1. The first-order valence-corrected chi connectivity index (χ1v) is 10.0. The minimum atomic E-state index is -0.424. The van der Waals surface area contributed by atoms with Crippen LogP contribution in [0.1, 0.15) is 49.9 Å². The van der Waals surface area contributed by atoms with Crippen LogP contribution in [-0.2, 0) is 14.3 Å². The minimum absolute atomic E-state index is 0.259. The van der Waals surface area contributed by atoms with Crippen LogP contribution in [0.15, 0.2) is 29.5 Å². The number of anilines is 1. The largest absolute Gasteiger partial charge is 0.463 e. The highest BCUT2D eigenvalue weighted by Gasteiger charge is 2.40. The number of hydrogen-bond donors (Lipinski definition) is 2. The van der Waals surface area contributed by atoms with E-state index < -0.39 is 5.37 Å². The molecule has 0 spiro atoms. The third-order valence-corrected chi connectivity index (χ3v) is 6.02. The second kappa shape index (κ2) is 8.56. The topological polar surface area (TPSA) is 97.4 Å². The van der Waals surface area contributed by atoms with E-state index >= 15 is 0 Å². The van der Waals surface area contributed by atoms with Crippen LogP contribution < -0.4 is 10.6 Å². The van der Waals surface area contributed by atoms with Crippen molar-refractivity contribution in [3.05, 3.63) is 35.0 Å². The Morgan fingerprint density at radius 1 is 1.33 bits per heavy atom. The predicted octanol–water partition coefficient (Wildman–Crippen LogP) is 2.65. The van der Waals surface area contributed by atoms with E-state index in [1.54, 1.807) is 24.8 Å². The van der Waals surface area contributed by atoms with E-state index in [2.05, 4.69) is 15.6 Å². The van der Waals surface area contributed by atoms with E-state index in [0.29, 0.717) is 23.6 Å². The Morgan fingerprint density at radius 3 is 2.89 bits per heavy atom. The number of nitrogens with one attached hydrogen (secondary N) is 2. The zero-order valence-corrected chi connectivity index (χ0v) is 16.2. The molecule has 8 heteroatoms. The summed E-state index contributed by atoms with van der Waals surface area (Å²) in [5.41, 5.74) is 2.08. The van der Waals surface area contributed by atoms with E-state index in [1.165, 1.54) is 19.2 Å². The molecule has 1 aromatic rings. The maximum absolute atomic E-state index is 12.7. The molecule has 7 nitrogen and oxygen atoms in total. The van der Waals surface area contributed by atoms with E-state index in [1.807, 2.05) is 0 Å². The van der Waals surface area contributed by atoms with Crippen LogP contribution in [-0.4, -0.2) is 40.0 Å². The van der Waals surface area contributed by atoms with Crippen LogP contribution in [0.25, 0.3) is 0 Å². The molecule has 1 aliphatic carbocycles. The molecule has 2 atom stereocenters. The summed E-state index contributed by atoms with van der Waals surface area (Å²) in [6, 6.07) is 3.09.